The molecule has 15 nitrogen and oxygen atoms in total. The largest absolute Gasteiger partial charge is 0.456 e. The molecular formula is C45H53NO14. The zero-order valence-corrected chi connectivity index (χ0v) is 34.9. The van der Waals surface area contributed by atoms with E-state index in [1.165, 1.54) is 26.0 Å². The van der Waals surface area contributed by atoms with E-state index in [1.54, 1.807) is 82.3 Å². The molecule has 60 heavy (non-hydrogen) atoms. The maximum atomic E-state index is 15.4. The third-order valence-electron chi connectivity index (χ3n) is 13.2. The topological polar surface area (TPSA) is 221 Å². The van der Waals surface area contributed by atoms with Crippen LogP contribution < -0.4 is 5.32 Å². The monoisotopic (exact) mass is 831 g/mol. The van der Waals surface area contributed by atoms with E-state index >= 15 is 4.79 Å². The molecule has 7 unspecified atom stereocenters. The van der Waals surface area contributed by atoms with E-state index in [0.717, 1.165) is 13.8 Å². The van der Waals surface area contributed by atoms with Gasteiger partial charge in [0.2, 0.25) is 5.91 Å². The molecule has 3 aliphatic carbocycles. The molecule has 3 fully saturated rings. The fraction of sp³-hybridized carbons (Fsp3) is 0.511. The summed E-state index contributed by atoms with van der Waals surface area (Å²) in [6.07, 6.45) is -8.88. The van der Waals surface area contributed by atoms with Crippen LogP contribution in [0.5, 0.6) is 0 Å². The van der Waals surface area contributed by atoms with Gasteiger partial charge in [-0.2, -0.15) is 0 Å². The highest BCUT2D eigenvalue weighted by atomic mass is 16.6. The van der Waals surface area contributed by atoms with Gasteiger partial charge in [-0.05, 0) is 56.5 Å². The molecule has 4 aliphatic rings. The van der Waals surface area contributed by atoms with Crippen LogP contribution in [0.15, 0.2) is 83.5 Å². The van der Waals surface area contributed by atoms with Gasteiger partial charge in [0.1, 0.15) is 23.9 Å². The quantitative estimate of drug-likeness (QED) is 0.117. The Morgan fingerprint density at radius 2 is 1.53 bits per heavy atom. The minimum absolute atomic E-state index is 0.00140. The number of esters is 4. The van der Waals surface area contributed by atoms with Crippen molar-refractivity contribution in [2.45, 2.75) is 122 Å². The van der Waals surface area contributed by atoms with Crippen molar-refractivity contribution in [2.24, 2.45) is 16.7 Å². The Morgan fingerprint density at radius 3 is 2.08 bits per heavy atom. The number of ketones is 1. The van der Waals surface area contributed by atoms with E-state index in [9.17, 15) is 39.3 Å². The van der Waals surface area contributed by atoms with Crippen LogP contribution in [-0.4, -0.2) is 105 Å². The van der Waals surface area contributed by atoms with E-state index in [4.69, 9.17) is 23.7 Å². The lowest BCUT2D eigenvalue weighted by molar-refractivity contribution is -0.346. The standard InChI is InChI=1S/C45H53NO14/c1-9-23(2)39(52)46-33(27-16-12-10-13-17-27)34(50)41(54)58-29-21-45(55)38(59-40(53)28-18-14-11-15-19-28)36-43(8,30(49)20-31-44(36,22-56-31)60-26(5)48)37(51)35(57-25(4)47)32(24(29)3)42(45,6)7/h9-19,29-31,33-36,38,49-50,55H,20-22H2,1-8H3,(H,46,52)/t29?,30?,31?,33?,34?,35?,36-,38?,43-,44+,45-/m1/s1. The summed E-state index contributed by atoms with van der Waals surface area (Å²) in [7, 11) is 0. The Balaban J connectivity index is 1.56. The van der Waals surface area contributed by atoms with E-state index in [-0.39, 0.29) is 29.7 Å². The van der Waals surface area contributed by atoms with Gasteiger partial charge in [0, 0.05) is 37.7 Å². The molecule has 1 saturated heterocycles. The van der Waals surface area contributed by atoms with Crippen LogP contribution in [0.2, 0.25) is 0 Å². The zero-order valence-electron chi connectivity index (χ0n) is 34.9. The van der Waals surface area contributed by atoms with Gasteiger partial charge in [-0.1, -0.05) is 68.5 Å². The molecule has 0 aromatic heterocycles. The van der Waals surface area contributed by atoms with Crippen LogP contribution in [0.4, 0.5) is 0 Å². The molecule has 2 aromatic carbocycles. The lowest BCUT2D eigenvalue weighted by Crippen LogP contribution is -2.82. The van der Waals surface area contributed by atoms with Crippen LogP contribution in [-0.2, 0) is 47.7 Å². The Labute approximate surface area is 348 Å². The normalized spacial score (nSPS) is 32.9. The first-order valence-electron chi connectivity index (χ1n) is 19.9. The van der Waals surface area contributed by atoms with Crippen LogP contribution in [0.3, 0.4) is 0 Å². The molecule has 0 radical (unpaired) electrons. The molecule has 1 amide bonds. The Morgan fingerprint density at radius 1 is 0.917 bits per heavy atom. The molecule has 4 N–H and O–H groups in total. The van der Waals surface area contributed by atoms with Gasteiger partial charge < -0.3 is 44.3 Å². The molecule has 1 aliphatic heterocycles. The van der Waals surface area contributed by atoms with Crippen molar-refractivity contribution in [1.82, 2.24) is 5.32 Å². The van der Waals surface area contributed by atoms with Gasteiger partial charge in [-0.25, -0.2) is 9.59 Å². The van der Waals surface area contributed by atoms with Crippen LogP contribution in [0.1, 0.15) is 90.2 Å². The maximum Gasteiger partial charge on any atom is 0.338 e. The molecular weight excluding hydrogens is 778 g/mol. The van der Waals surface area contributed by atoms with Crippen LogP contribution >= 0.6 is 0 Å². The van der Waals surface area contributed by atoms with Gasteiger partial charge in [-0.15, -0.1) is 0 Å². The number of carbonyl (C=O) groups excluding carboxylic acids is 6. The Kier molecular flexibility index (Phi) is 12.1. The SMILES string of the molecule is CC=C(C)C(=O)NC(c1ccccc1)C(O)C(=O)OC1C[C@@]2(O)C(OC(=O)c3ccccc3)[C@H]3[C@]4(OC(C)=O)COC4CC(O)[C@@]3(C)C(=O)C(OC(C)=O)C(=C1C)C2(C)C. The highest BCUT2D eigenvalue weighted by molar-refractivity contribution is 5.96. The predicted octanol–water partition coefficient (Wildman–Crippen LogP) is 3.39. The number of rotatable bonds is 10. The van der Waals surface area contributed by atoms with Gasteiger partial charge in [-0.3, -0.25) is 19.2 Å². The van der Waals surface area contributed by atoms with Crippen molar-refractivity contribution in [3.8, 4) is 0 Å². The third kappa shape index (κ3) is 7.24. The number of hydrogen-bond acceptors (Lipinski definition) is 14. The molecule has 322 valence electrons. The smallest absolute Gasteiger partial charge is 0.338 e. The number of aliphatic hydroxyl groups is 3. The van der Waals surface area contributed by atoms with E-state index < -0.39 is 113 Å². The number of carbonyl (C=O) groups is 6. The third-order valence-corrected chi connectivity index (χ3v) is 13.2. The minimum Gasteiger partial charge on any atom is -0.456 e. The van der Waals surface area contributed by atoms with Gasteiger partial charge in [0.15, 0.2) is 23.6 Å². The number of benzene rings is 2. The molecule has 15 heteroatoms. The van der Waals surface area contributed by atoms with Gasteiger partial charge in [0.25, 0.3) is 0 Å². The first-order valence-corrected chi connectivity index (χ1v) is 19.9. The summed E-state index contributed by atoms with van der Waals surface area (Å²) in [5, 5.41) is 40.0. The highest BCUT2D eigenvalue weighted by Gasteiger charge is 2.78. The second-order valence-corrected chi connectivity index (χ2v) is 17.0. The average Bonchev–Trinajstić information content (AvgIpc) is 3.20. The Hall–Kier alpha value is -5.22. The van der Waals surface area contributed by atoms with E-state index in [1.807, 2.05) is 0 Å². The van der Waals surface area contributed by atoms with Gasteiger partial charge in [0.05, 0.1) is 35.6 Å². The summed E-state index contributed by atoms with van der Waals surface area (Å²) in [6, 6.07) is 14.8. The lowest BCUT2D eigenvalue weighted by atomic mass is 9.44. The maximum absolute atomic E-state index is 15.4. The predicted molar refractivity (Wildman–Crippen MR) is 211 cm³/mol. The Bertz CT molecular complexity index is 2110. The zero-order chi connectivity index (χ0) is 44.1. The number of aliphatic hydroxyl groups excluding tert-OH is 2. The number of hydrogen-bond donors (Lipinski definition) is 4. The van der Waals surface area contributed by atoms with Gasteiger partial charge >= 0.3 is 23.9 Å². The number of amides is 1. The van der Waals surface area contributed by atoms with Crippen molar-refractivity contribution in [2.75, 3.05) is 6.61 Å². The van der Waals surface area contributed by atoms with Crippen molar-refractivity contribution in [3.63, 3.8) is 0 Å². The number of Topliss-reactive ketones (excluding diaryl/α,β-unsaturated/α-hetero) is 1. The molecule has 11 atom stereocenters. The minimum atomic E-state index is -2.38. The summed E-state index contributed by atoms with van der Waals surface area (Å²) in [5.74, 6) is -6.78. The van der Waals surface area contributed by atoms with E-state index in [0.29, 0.717) is 11.1 Å². The number of allylic oxidation sites excluding steroid dienone is 1. The molecule has 6 rings (SSSR count). The fourth-order valence-electron chi connectivity index (χ4n) is 9.75. The summed E-state index contributed by atoms with van der Waals surface area (Å²) in [4.78, 5) is 82.9. The molecule has 2 bridgehead atoms. The second-order valence-electron chi connectivity index (χ2n) is 17.0. The van der Waals surface area contributed by atoms with Crippen LogP contribution in [0.25, 0.3) is 0 Å². The van der Waals surface area contributed by atoms with E-state index in [2.05, 4.69) is 5.32 Å². The van der Waals surface area contributed by atoms with Crippen molar-refractivity contribution in [1.29, 1.82) is 0 Å². The highest BCUT2D eigenvalue weighted by Crippen LogP contribution is 2.64. The second kappa shape index (κ2) is 16.3. The summed E-state index contributed by atoms with van der Waals surface area (Å²) in [5.41, 5.74) is -6.91. The number of ether oxygens (including phenoxy) is 5. The molecule has 0 spiro atoms. The lowest BCUT2D eigenvalue weighted by Gasteiger charge is -2.67. The fourth-order valence-corrected chi connectivity index (χ4v) is 9.75. The van der Waals surface area contributed by atoms with Crippen LogP contribution in [0, 0.1) is 16.7 Å². The summed E-state index contributed by atoms with van der Waals surface area (Å²) >= 11 is 0. The summed E-state index contributed by atoms with van der Waals surface area (Å²) in [6.45, 7) is 11.2. The average molecular weight is 832 g/mol. The first-order chi connectivity index (χ1) is 28.1. The summed E-state index contributed by atoms with van der Waals surface area (Å²) < 4.78 is 30.2. The molecule has 2 aromatic rings. The molecule has 2 saturated carbocycles. The van der Waals surface area contributed by atoms with Crippen molar-refractivity contribution >= 4 is 35.6 Å². The first kappa shape index (κ1) is 44.3. The van der Waals surface area contributed by atoms with Crippen molar-refractivity contribution < 1.29 is 67.8 Å². The van der Waals surface area contributed by atoms with Crippen molar-refractivity contribution in [3.05, 3.63) is 94.6 Å². The molecule has 1 heterocycles. The number of nitrogens with one attached hydrogen (secondary N) is 1. The number of fused-ring (bicyclic) bond motifs is 5.